The summed E-state index contributed by atoms with van der Waals surface area (Å²) in [6, 6.07) is 3.59. The molecule has 0 aliphatic carbocycles. The van der Waals surface area contributed by atoms with E-state index in [4.69, 9.17) is 23.2 Å². The van der Waals surface area contributed by atoms with E-state index in [0.29, 0.717) is 27.8 Å². The molecule has 0 N–H and O–H groups in total. The van der Waals surface area contributed by atoms with Gasteiger partial charge in [-0.3, -0.25) is 0 Å². The van der Waals surface area contributed by atoms with Gasteiger partial charge in [0.05, 0.1) is 34.5 Å². The van der Waals surface area contributed by atoms with Crippen molar-refractivity contribution in [1.29, 1.82) is 0 Å². The summed E-state index contributed by atoms with van der Waals surface area (Å²) in [7, 11) is 0. The maximum atomic E-state index is 6.16. The lowest BCUT2D eigenvalue weighted by Gasteiger charge is -2.02. The Balaban J connectivity index is 2.27. The second-order valence-electron chi connectivity index (χ2n) is 3.32. The Kier molecular flexibility index (Phi) is 2.70. The minimum Gasteiger partial charge on any atom is -0.217 e. The minimum absolute atomic E-state index is 0.308. The number of alkyl halides is 1. The van der Waals surface area contributed by atoms with E-state index in [0.717, 1.165) is 17.2 Å². The standard InChI is InChI=1S/C9H5Cl2N5S/c10-3-5-4-16(15-12-5)9-6(11)1-2-7-8(9)14-17-13-7/h1-2,4H,3H2. The number of halogens is 2. The largest absolute Gasteiger partial charge is 0.217 e. The fraction of sp³-hybridized carbons (Fsp3) is 0.111. The number of rotatable bonds is 2. The van der Waals surface area contributed by atoms with Crippen molar-refractivity contribution in [3.8, 4) is 5.69 Å². The van der Waals surface area contributed by atoms with E-state index in [9.17, 15) is 0 Å². The first-order valence-electron chi connectivity index (χ1n) is 4.68. The van der Waals surface area contributed by atoms with Gasteiger partial charge in [-0.15, -0.1) is 16.7 Å². The summed E-state index contributed by atoms with van der Waals surface area (Å²) in [5.74, 6) is 0.308. The number of fused-ring (bicyclic) bond motifs is 1. The maximum Gasteiger partial charge on any atom is 0.132 e. The fourth-order valence-corrected chi connectivity index (χ4v) is 2.40. The quantitative estimate of drug-likeness (QED) is 0.680. The molecule has 0 saturated heterocycles. The highest BCUT2D eigenvalue weighted by molar-refractivity contribution is 7.00. The van der Waals surface area contributed by atoms with Crippen molar-refractivity contribution in [3.63, 3.8) is 0 Å². The molecule has 3 aromatic rings. The molecule has 8 heteroatoms. The third-order valence-electron chi connectivity index (χ3n) is 2.26. The summed E-state index contributed by atoms with van der Waals surface area (Å²) < 4.78 is 9.95. The van der Waals surface area contributed by atoms with Gasteiger partial charge in [0.15, 0.2) is 0 Å². The lowest BCUT2D eigenvalue weighted by atomic mass is 10.2. The van der Waals surface area contributed by atoms with Crippen molar-refractivity contribution in [2.75, 3.05) is 0 Å². The lowest BCUT2D eigenvalue weighted by Crippen LogP contribution is -1.97. The lowest BCUT2D eigenvalue weighted by molar-refractivity contribution is 0.804. The Labute approximate surface area is 110 Å². The third-order valence-corrected chi connectivity index (χ3v) is 3.38. The van der Waals surface area contributed by atoms with Gasteiger partial charge in [-0.1, -0.05) is 16.8 Å². The van der Waals surface area contributed by atoms with Crippen molar-refractivity contribution in [2.24, 2.45) is 0 Å². The van der Waals surface area contributed by atoms with Gasteiger partial charge in [0.1, 0.15) is 16.7 Å². The van der Waals surface area contributed by atoms with E-state index in [2.05, 4.69) is 19.1 Å². The Morgan fingerprint density at radius 1 is 1.29 bits per heavy atom. The number of benzene rings is 1. The van der Waals surface area contributed by atoms with Gasteiger partial charge in [-0.2, -0.15) is 8.75 Å². The monoisotopic (exact) mass is 285 g/mol. The van der Waals surface area contributed by atoms with Gasteiger partial charge in [0, 0.05) is 0 Å². The molecule has 3 rings (SSSR count). The molecule has 0 spiro atoms. The Hall–Kier alpha value is -1.24. The smallest absolute Gasteiger partial charge is 0.132 e. The van der Waals surface area contributed by atoms with Gasteiger partial charge >= 0.3 is 0 Å². The molecule has 0 bridgehead atoms. The van der Waals surface area contributed by atoms with E-state index in [1.807, 2.05) is 6.07 Å². The molecule has 0 radical (unpaired) electrons. The summed E-state index contributed by atoms with van der Waals surface area (Å²) >= 11 is 13.0. The highest BCUT2D eigenvalue weighted by Gasteiger charge is 2.13. The molecule has 0 fully saturated rings. The Morgan fingerprint density at radius 2 is 2.18 bits per heavy atom. The highest BCUT2D eigenvalue weighted by Crippen LogP contribution is 2.27. The molecule has 0 saturated carbocycles. The molecule has 0 atom stereocenters. The first kappa shape index (κ1) is 10.9. The molecular weight excluding hydrogens is 281 g/mol. The van der Waals surface area contributed by atoms with Crippen LogP contribution >= 0.6 is 34.9 Å². The van der Waals surface area contributed by atoms with E-state index < -0.39 is 0 Å². The predicted molar refractivity (Wildman–Crippen MR) is 66.9 cm³/mol. The number of hydrogen-bond acceptors (Lipinski definition) is 5. The van der Waals surface area contributed by atoms with E-state index in [1.54, 1.807) is 16.9 Å². The second kappa shape index (κ2) is 4.21. The van der Waals surface area contributed by atoms with Crippen molar-refractivity contribution < 1.29 is 0 Å². The average molecular weight is 286 g/mol. The van der Waals surface area contributed by atoms with Gasteiger partial charge in [0.2, 0.25) is 0 Å². The molecule has 1 aromatic carbocycles. The Bertz CT molecular complexity index is 677. The van der Waals surface area contributed by atoms with Gasteiger partial charge in [-0.25, -0.2) is 4.68 Å². The first-order valence-corrected chi connectivity index (χ1v) is 6.32. The van der Waals surface area contributed by atoms with Crippen LogP contribution in [0.25, 0.3) is 16.7 Å². The molecular formula is C9H5Cl2N5S. The van der Waals surface area contributed by atoms with Crippen LogP contribution in [0, 0.1) is 0 Å². The van der Waals surface area contributed by atoms with Gasteiger partial charge in [-0.05, 0) is 12.1 Å². The van der Waals surface area contributed by atoms with Crippen LogP contribution in [0.15, 0.2) is 18.3 Å². The second-order valence-corrected chi connectivity index (χ2v) is 4.52. The maximum absolute atomic E-state index is 6.16. The van der Waals surface area contributed by atoms with Crippen molar-refractivity contribution >= 4 is 46.0 Å². The van der Waals surface area contributed by atoms with Crippen LogP contribution in [0.3, 0.4) is 0 Å². The van der Waals surface area contributed by atoms with Crippen molar-refractivity contribution in [2.45, 2.75) is 5.88 Å². The number of aromatic nitrogens is 5. The molecule has 0 amide bonds. The van der Waals surface area contributed by atoms with Gasteiger partial charge in [0.25, 0.3) is 0 Å². The predicted octanol–water partition coefficient (Wildman–Crippen LogP) is 2.66. The average Bonchev–Trinajstić information content (AvgIpc) is 2.96. The molecule has 17 heavy (non-hydrogen) atoms. The molecule has 5 nitrogen and oxygen atoms in total. The van der Waals surface area contributed by atoms with Crippen LogP contribution in [0.1, 0.15) is 5.69 Å². The Morgan fingerprint density at radius 3 is 2.94 bits per heavy atom. The van der Waals surface area contributed by atoms with Crippen molar-refractivity contribution in [3.05, 3.63) is 29.0 Å². The number of nitrogens with zero attached hydrogens (tertiary/aromatic N) is 5. The van der Waals surface area contributed by atoms with Crippen LogP contribution in [0.2, 0.25) is 5.02 Å². The molecule has 0 aliphatic rings. The molecule has 2 aromatic heterocycles. The zero-order valence-electron chi connectivity index (χ0n) is 8.34. The topological polar surface area (TPSA) is 56.5 Å². The summed E-state index contributed by atoms with van der Waals surface area (Å²) in [4.78, 5) is 0. The van der Waals surface area contributed by atoms with Crippen LogP contribution in [0.5, 0.6) is 0 Å². The van der Waals surface area contributed by atoms with E-state index in [-0.39, 0.29) is 0 Å². The third kappa shape index (κ3) is 1.78. The SMILES string of the molecule is ClCc1cn(-c2c(Cl)ccc3nsnc23)nn1. The molecule has 86 valence electrons. The van der Waals surface area contributed by atoms with Crippen molar-refractivity contribution in [1.82, 2.24) is 23.7 Å². The zero-order chi connectivity index (χ0) is 11.8. The zero-order valence-corrected chi connectivity index (χ0v) is 10.7. The van der Waals surface area contributed by atoms with E-state index >= 15 is 0 Å². The van der Waals surface area contributed by atoms with E-state index in [1.165, 1.54) is 0 Å². The van der Waals surface area contributed by atoms with Crippen LogP contribution in [-0.4, -0.2) is 23.7 Å². The fourth-order valence-electron chi connectivity index (χ4n) is 1.50. The summed E-state index contributed by atoms with van der Waals surface area (Å²) in [5.41, 5.74) is 2.87. The van der Waals surface area contributed by atoms with Crippen LogP contribution in [-0.2, 0) is 5.88 Å². The highest BCUT2D eigenvalue weighted by atomic mass is 35.5. The van der Waals surface area contributed by atoms with Gasteiger partial charge < -0.3 is 0 Å². The summed E-state index contributed by atoms with van der Waals surface area (Å²) in [5, 5.41) is 8.46. The van der Waals surface area contributed by atoms with Crippen LogP contribution in [0.4, 0.5) is 0 Å². The number of hydrogen-bond donors (Lipinski definition) is 0. The first-order chi connectivity index (χ1) is 8.29. The normalized spacial score (nSPS) is 11.2. The summed E-state index contributed by atoms with van der Waals surface area (Å²) in [6.07, 6.45) is 1.73. The molecule has 2 heterocycles. The molecule has 0 aliphatic heterocycles. The minimum atomic E-state index is 0.308. The van der Waals surface area contributed by atoms with Crippen LogP contribution < -0.4 is 0 Å². The molecule has 0 unspecified atom stereocenters. The summed E-state index contributed by atoms with van der Waals surface area (Å²) in [6.45, 7) is 0.